The number of rotatable bonds is 6. The van der Waals surface area contributed by atoms with Gasteiger partial charge in [0.05, 0.1) is 42.5 Å². The van der Waals surface area contributed by atoms with E-state index in [0.717, 1.165) is 0 Å². The second kappa shape index (κ2) is 7.62. The Balaban J connectivity index is 2.44. The van der Waals surface area contributed by atoms with Gasteiger partial charge in [0.1, 0.15) is 11.5 Å². The Hall–Kier alpha value is -2.45. The van der Waals surface area contributed by atoms with Gasteiger partial charge in [0.2, 0.25) is 0 Å². The zero-order valence-electron chi connectivity index (χ0n) is 13.7. The number of methoxy groups -OCH3 is 3. The number of esters is 1. The van der Waals surface area contributed by atoms with E-state index >= 15 is 0 Å². The van der Waals surface area contributed by atoms with E-state index in [4.69, 9.17) is 21.1 Å². The van der Waals surface area contributed by atoms with Gasteiger partial charge in [-0.15, -0.1) is 0 Å². The summed E-state index contributed by atoms with van der Waals surface area (Å²) in [5.74, 6) is -0.134. The van der Waals surface area contributed by atoms with Crippen molar-refractivity contribution in [2.24, 2.45) is 0 Å². The van der Waals surface area contributed by atoms with E-state index in [9.17, 15) is 13.2 Å². The molecule has 0 unspecified atom stereocenters. The highest BCUT2D eigenvalue weighted by atomic mass is 35.5. The summed E-state index contributed by atoms with van der Waals surface area (Å²) in [4.78, 5) is 11.5. The molecule has 0 aliphatic carbocycles. The summed E-state index contributed by atoms with van der Waals surface area (Å²) >= 11 is 6.01. The lowest BCUT2D eigenvalue weighted by atomic mass is 10.2. The highest BCUT2D eigenvalue weighted by Gasteiger charge is 2.20. The van der Waals surface area contributed by atoms with Crippen LogP contribution in [0.15, 0.2) is 41.3 Å². The summed E-state index contributed by atoms with van der Waals surface area (Å²) in [7, 11) is 0.0218. The van der Waals surface area contributed by atoms with Crippen LogP contribution in [0.3, 0.4) is 0 Å². The number of nitrogens with one attached hydrogen (secondary N) is 1. The molecule has 2 rings (SSSR count). The molecule has 7 nitrogen and oxygen atoms in total. The van der Waals surface area contributed by atoms with Gasteiger partial charge in [-0.05, 0) is 18.2 Å². The SMILES string of the molecule is COC(=O)c1cccc(S(=O)(=O)Nc2cc(OC)c(Cl)cc2OC)c1. The van der Waals surface area contributed by atoms with Crippen LogP contribution in [0.2, 0.25) is 5.02 Å². The van der Waals surface area contributed by atoms with Gasteiger partial charge in [-0.1, -0.05) is 17.7 Å². The third kappa shape index (κ3) is 4.15. The van der Waals surface area contributed by atoms with Crippen LogP contribution in [0.25, 0.3) is 0 Å². The molecule has 134 valence electrons. The van der Waals surface area contributed by atoms with Gasteiger partial charge in [-0.25, -0.2) is 13.2 Å². The van der Waals surface area contributed by atoms with Crippen molar-refractivity contribution in [3.63, 3.8) is 0 Å². The molecule has 0 atom stereocenters. The summed E-state index contributed by atoms with van der Waals surface area (Å²) in [5.41, 5.74) is 0.262. The van der Waals surface area contributed by atoms with Gasteiger partial charge >= 0.3 is 5.97 Å². The molecular formula is C16H16ClNO6S. The molecule has 0 fully saturated rings. The average Bonchev–Trinajstić information content (AvgIpc) is 2.62. The van der Waals surface area contributed by atoms with E-state index < -0.39 is 16.0 Å². The molecule has 0 heterocycles. The fraction of sp³-hybridized carbons (Fsp3) is 0.188. The van der Waals surface area contributed by atoms with E-state index in [-0.39, 0.29) is 32.7 Å². The minimum absolute atomic E-state index is 0.105. The van der Waals surface area contributed by atoms with Gasteiger partial charge in [-0.3, -0.25) is 4.72 Å². The number of hydrogen-bond donors (Lipinski definition) is 1. The summed E-state index contributed by atoms with van der Waals surface area (Å²) in [6.07, 6.45) is 0. The number of ether oxygens (including phenoxy) is 3. The Morgan fingerprint density at radius 2 is 1.72 bits per heavy atom. The lowest BCUT2D eigenvalue weighted by Gasteiger charge is -2.14. The largest absolute Gasteiger partial charge is 0.495 e. The summed E-state index contributed by atoms with van der Waals surface area (Å²) in [6, 6.07) is 8.31. The number of sulfonamides is 1. The Morgan fingerprint density at radius 3 is 2.32 bits per heavy atom. The Labute approximate surface area is 150 Å². The monoisotopic (exact) mass is 385 g/mol. The fourth-order valence-electron chi connectivity index (χ4n) is 2.05. The van der Waals surface area contributed by atoms with Crippen molar-refractivity contribution >= 4 is 33.3 Å². The number of halogens is 1. The van der Waals surface area contributed by atoms with E-state index in [2.05, 4.69) is 9.46 Å². The third-order valence-electron chi connectivity index (χ3n) is 3.28. The van der Waals surface area contributed by atoms with Crippen molar-refractivity contribution in [2.45, 2.75) is 4.90 Å². The van der Waals surface area contributed by atoms with Crippen molar-refractivity contribution in [2.75, 3.05) is 26.1 Å². The predicted octanol–water partition coefficient (Wildman–Crippen LogP) is 2.94. The van der Waals surface area contributed by atoms with Gasteiger partial charge < -0.3 is 14.2 Å². The Bertz CT molecular complexity index is 897. The molecule has 0 amide bonds. The standard InChI is InChI=1S/C16H16ClNO6S/c1-22-14-9-13(15(23-2)8-12(14)17)18-25(20,21)11-6-4-5-10(7-11)16(19)24-3/h4-9,18H,1-3H3. The summed E-state index contributed by atoms with van der Waals surface area (Å²) < 4.78 is 42.5. The molecule has 0 aliphatic heterocycles. The van der Waals surface area contributed by atoms with Gasteiger partial charge in [0.25, 0.3) is 10.0 Å². The topological polar surface area (TPSA) is 90.9 Å². The molecular weight excluding hydrogens is 370 g/mol. The maximum Gasteiger partial charge on any atom is 0.337 e. The first-order valence-electron chi connectivity index (χ1n) is 6.95. The first-order chi connectivity index (χ1) is 11.8. The molecule has 1 N–H and O–H groups in total. The third-order valence-corrected chi connectivity index (χ3v) is 4.94. The molecule has 0 saturated heterocycles. The number of hydrogen-bond acceptors (Lipinski definition) is 6. The molecule has 0 spiro atoms. The molecule has 9 heteroatoms. The van der Waals surface area contributed by atoms with Crippen LogP contribution in [-0.2, 0) is 14.8 Å². The van der Waals surface area contributed by atoms with Crippen LogP contribution in [-0.4, -0.2) is 35.7 Å². The summed E-state index contributed by atoms with van der Waals surface area (Å²) in [5, 5.41) is 0.273. The van der Waals surface area contributed by atoms with E-state index in [1.54, 1.807) is 0 Å². The summed E-state index contributed by atoms with van der Waals surface area (Å²) in [6.45, 7) is 0. The predicted molar refractivity (Wildman–Crippen MR) is 93.1 cm³/mol. The van der Waals surface area contributed by atoms with Gasteiger partial charge in [0, 0.05) is 12.1 Å². The van der Waals surface area contributed by atoms with Crippen LogP contribution in [0, 0.1) is 0 Å². The zero-order chi connectivity index (χ0) is 18.6. The number of carbonyl (C=O) groups is 1. The van der Waals surface area contributed by atoms with Crippen LogP contribution in [0.4, 0.5) is 5.69 Å². The first-order valence-corrected chi connectivity index (χ1v) is 8.81. The van der Waals surface area contributed by atoms with Gasteiger partial charge in [0.15, 0.2) is 0 Å². The van der Waals surface area contributed by atoms with Crippen LogP contribution < -0.4 is 14.2 Å². The highest BCUT2D eigenvalue weighted by Crippen LogP contribution is 2.36. The van der Waals surface area contributed by atoms with E-state index in [1.807, 2.05) is 0 Å². The van der Waals surface area contributed by atoms with Crippen LogP contribution >= 0.6 is 11.6 Å². The molecule has 2 aromatic rings. The van der Waals surface area contributed by atoms with Crippen molar-refractivity contribution < 1.29 is 27.4 Å². The lowest BCUT2D eigenvalue weighted by molar-refractivity contribution is 0.0600. The molecule has 0 bridgehead atoms. The minimum Gasteiger partial charge on any atom is -0.495 e. The first kappa shape index (κ1) is 18.9. The second-order valence-corrected chi connectivity index (χ2v) is 6.90. The molecule has 0 radical (unpaired) electrons. The molecule has 0 aromatic heterocycles. The van der Waals surface area contributed by atoms with E-state index in [1.165, 1.54) is 57.7 Å². The van der Waals surface area contributed by atoms with Crippen molar-refractivity contribution in [1.29, 1.82) is 0 Å². The Kier molecular flexibility index (Phi) is 5.76. The molecule has 2 aromatic carbocycles. The minimum atomic E-state index is -3.98. The zero-order valence-corrected chi connectivity index (χ0v) is 15.3. The molecule has 0 aliphatic rings. The van der Waals surface area contributed by atoms with Gasteiger partial charge in [-0.2, -0.15) is 0 Å². The van der Waals surface area contributed by atoms with Crippen LogP contribution in [0.5, 0.6) is 11.5 Å². The quantitative estimate of drug-likeness (QED) is 0.769. The number of benzene rings is 2. The molecule has 0 saturated carbocycles. The van der Waals surface area contributed by atoms with Crippen molar-refractivity contribution in [3.8, 4) is 11.5 Å². The second-order valence-electron chi connectivity index (χ2n) is 4.81. The fourth-order valence-corrected chi connectivity index (χ4v) is 3.39. The maximum atomic E-state index is 12.6. The lowest BCUT2D eigenvalue weighted by Crippen LogP contribution is -2.14. The van der Waals surface area contributed by atoms with E-state index in [0.29, 0.717) is 0 Å². The normalized spacial score (nSPS) is 10.9. The molecule has 25 heavy (non-hydrogen) atoms. The van der Waals surface area contributed by atoms with Crippen LogP contribution in [0.1, 0.15) is 10.4 Å². The van der Waals surface area contributed by atoms with Crippen molar-refractivity contribution in [3.05, 3.63) is 47.0 Å². The average molecular weight is 386 g/mol. The highest BCUT2D eigenvalue weighted by molar-refractivity contribution is 7.92. The maximum absolute atomic E-state index is 12.6. The number of anilines is 1. The number of carbonyl (C=O) groups excluding carboxylic acids is 1. The van der Waals surface area contributed by atoms with Crippen molar-refractivity contribution in [1.82, 2.24) is 0 Å². The Morgan fingerprint density at radius 1 is 1.04 bits per heavy atom. The smallest absolute Gasteiger partial charge is 0.337 e.